The van der Waals surface area contributed by atoms with Crippen LogP contribution in [0.3, 0.4) is 0 Å². The lowest BCUT2D eigenvalue weighted by atomic mass is 9.82. The summed E-state index contributed by atoms with van der Waals surface area (Å²) >= 11 is 0. The Hall–Kier alpha value is -1.95. The molecular weight excluding hydrogens is 266 g/mol. The largest absolute Gasteiger partial charge is 0.346 e. The van der Waals surface area contributed by atoms with E-state index in [0.29, 0.717) is 0 Å². The lowest BCUT2D eigenvalue weighted by molar-refractivity contribution is -0.131. The number of rotatable bonds is 3. The van der Waals surface area contributed by atoms with Crippen LogP contribution in [0.4, 0.5) is 0 Å². The minimum Gasteiger partial charge on any atom is -0.346 e. The first-order chi connectivity index (χ1) is 10.1. The summed E-state index contributed by atoms with van der Waals surface area (Å²) in [5, 5.41) is 14.7. The summed E-state index contributed by atoms with van der Waals surface area (Å²) in [5.41, 5.74) is 0.451. The van der Waals surface area contributed by atoms with Crippen molar-refractivity contribution in [3.63, 3.8) is 0 Å². The smallest absolute Gasteiger partial charge is 0.227 e. The van der Waals surface area contributed by atoms with Gasteiger partial charge in [0.25, 0.3) is 0 Å². The molecule has 2 aromatic heterocycles. The number of carbonyl (C=O) groups excluding carboxylic acids is 1. The molecule has 0 aromatic carbocycles. The second kappa shape index (κ2) is 5.44. The zero-order chi connectivity index (χ0) is 14.9. The van der Waals surface area contributed by atoms with Crippen LogP contribution in [0.2, 0.25) is 0 Å². The molecule has 1 aliphatic heterocycles. The summed E-state index contributed by atoms with van der Waals surface area (Å²) in [5.74, 6) is 0.834. The Bertz CT molecular complexity index is 644. The molecule has 6 heteroatoms. The number of aromatic nitrogens is 3. The van der Waals surface area contributed by atoms with E-state index in [-0.39, 0.29) is 17.4 Å². The Morgan fingerprint density at radius 1 is 1.48 bits per heavy atom. The Kier molecular flexibility index (Phi) is 3.63. The summed E-state index contributed by atoms with van der Waals surface area (Å²) in [6.07, 6.45) is 3.86. The molecular formula is C15H21N5O. The highest BCUT2D eigenvalue weighted by Gasteiger charge is 2.35. The molecule has 0 aliphatic carbocycles. The van der Waals surface area contributed by atoms with Gasteiger partial charge in [-0.25, -0.2) is 0 Å². The van der Waals surface area contributed by atoms with Crippen LogP contribution in [0.15, 0.2) is 24.4 Å². The van der Waals surface area contributed by atoms with Crippen LogP contribution in [-0.2, 0) is 4.79 Å². The van der Waals surface area contributed by atoms with Gasteiger partial charge in [0.2, 0.25) is 5.91 Å². The van der Waals surface area contributed by atoms with Crippen molar-refractivity contribution in [2.45, 2.75) is 32.7 Å². The molecule has 2 unspecified atom stereocenters. The van der Waals surface area contributed by atoms with Crippen molar-refractivity contribution in [2.75, 3.05) is 13.1 Å². The SMILES string of the molecule is CC(NC(=O)C1(C)CCCNC1)c1nnc2ccccn12. The topological polar surface area (TPSA) is 71.3 Å². The molecule has 21 heavy (non-hydrogen) atoms. The third kappa shape index (κ3) is 2.63. The first-order valence-corrected chi connectivity index (χ1v) is 7.41. The molecule has 2 aromatic rings. The molecule has 0 bridgehead atoms. The maximum absolute atomic E-state index is 12.6. The molecule has 6 nitrogen and oxygen atoms in total. The Labute approximate surface area is 123 Å². The quantitative estimate of drug-likeness (QED) is 0.892. The van der Waals surface area contributed by atoms with Crippen molar-refractivity contribution in [3.8, 4) is 0 Å². The first-order valence-electron chi connectivity index (χ1n) is 7.41. The van der Waals surface area contributed by atoms with E-state index in [1.165, 1.54) is 0 Å². The van der Waals surface area contributed by atoms with Gasteiger partial charge in [-0.3, -0.25) is 9.20 Å². The summed E-state index contributed by atoms with van der Waals surface area (Å²) < 4.78 is 1.91. The molecule has 1 fully saturated rings. The highest BCUT2D eigenvalue weighted by Crippen LogP contribution is 2.26. The minimum absolute atomic E-state index is 0.0786. The summed E-state index contributed by atoms with van der Waals surface area (Å²) in [6, 6.07) is 5.58. The summed E-state index contributed by atoms with van der Waals surface area (Å²) in [7, 11) is 0. The normalized spacial score (nSPS) is 23.9. The fourth-order valence-electron chi connectivity index (χ4n) is 2.84. The molecule has 3 rings (SSSR count). The van der Waals surface area contributed by atoms with Gasteiger partial charge in [0.1, 0.15) is 0 Å². The van der Waals surface area contributed by atoms with Crippen LogP contribution in [0.5, 0.6) is 0 Å². The number of hydrogen-bond acceptors (Lipinski definition) is 4. The predicted octanol–water partition coefficient (Wildman–Crippen LogP) is 1.30. The van der Waals surface area contributed by atoms with Crippen LogP contribution in [-0.4, -0.2) is 33.6 Å². The van der Waals surface area contributed by atoms with E-state index in [1.54, 1.807) is 0 Å². The van der Waals surface area contributed by atoms with E-state index < -0.39 is 0 Å². The van der Waals surface area contributed by atoms with Crippen molar-refractivity contribution in [1.82, 2.24) is 25.2 Å². The van der Waals surface area contributed by atoms with Gasteiger partial charge in [-0.15, -0.1) is 10.2 Å². The van der Waals surface area contributed by atoms with Gasteiger partial charge in [-0.05, 0) is 45.4 Å². The van der Waals surface area contributed by atoms with Gasteiger partial charge in [0.15, 0.2) is 11.5 Å². The van der Waals surface area contributed by atoms with Crippen LogP contribution in [0, 0.1) is 5.41 Å². The second-order valence-electron chi connectivity index (χ2n) is 6.02. The van der Waals surface area contributed by atoms with Crippen LogP contribution in [0.25, 0.3) is 5.65 Å². The number of hydrogen-bond donors (Lipinski definition) is 2. The first kappa shape index (κ1) is 14.0. The second-order valence-corrected chi connectivity index (χ2v) is 6.02. The Morgan fingerprint density at radius 2 is 2.33 bits per heavy atom. The zero-order valence-electron chi connectivity index (χ0n) is 12.5. The number of piperidine rings is 1. The number of amides is 1. The Balaban J connectivity index is 1.76. The third-order valence-electron chi connectivity index (χ3n) is 4.22. The summed E-state index contributed by atoms with van der Waals surface area (Å²) in [6.45, 7) is 5.68. The molecule has 2 atom stereocenters. The van der Waals surface area contributed by atoms with Gasteiger partial charge in [-0.2, -0.15) is 0 Å². The lowest BCUT2D eigenvalue weighted by Gasteiger charge is -2.33. The van der Waals surface area contributed by atoms with Crippen LogP contribution < -0.4 is 10.6 Å². The average molecular weight is 287 g/mol. The number of carbonyl (C=O) groups is 1. The van der Waals surface area contributed by atoms with E-state index in [1.807, 2.05) is 42.6 Å². The predicted molar refractivity (Wildman–Crippen MR) is 79.8 cm³/mol. The van der Waals surface area contributed by atoms with Gasteiger partial charge in [0, 0.05) is 12.7 Å². The van der Waals surface area contributed by atoms with E-state index >= 15 is 0 Å². The van der Waals surface area contributed by atoms with Gasteiger partial charge in [0.05, 0.1) is 11.5 Å². The van der Waals surface area contributed by atoms with Crippen LogP contribution >= 0.6 is 0 Å². The maximum Gasteiger partial charge on any atom is 0.227 e. The van der Waals surface area contributed by atoms with Gasteiger partial charge < -0.3 is 10.6 Å². The van der Waals surface area contributed by atoms with E-state index in [2.05, 4.69) is 20.8 Å². The molecule has 1 saturated heterocycles. The van der Waals surface area contributed by atoms with Crippen molar-refractivity contribution in [2.24, 2.45) is 5.41 Å². The Morgan fingerprint density at radius 3 is 3.10 bits per heavy atom. The fraction of sp³-hybridized carbons (Fsp3) is 0.533. The standard InChI is InChI=1S/C15H21N5O/c1-11(13-19-18-12-6-3-4-9-20(12)13)17-14(21)15(2)7-5-8-16-10-15/h3-4,6,9,11,16H,5,7-8,10H2,1-2H3,(H,17,21). The zero-order valence-corrected chi connectivity index (χ0v) is 12.5. The van der Waals surface area contributed by atoms with E-state index in [4.69, 9.17) is 0 Å². The maximum atomic E-state index is 12.6. The van der Waals surface area contributed by atoms with Gasteiger partial charge in [-0.1, -0.05) is 6.07 Å². The van der Waals surface area contributed by atoms with E-state index in [0.717, 1.165) is 37.4 Å². The molecule has 2 N–H and O–H groups in total. The fourth-order valence-corrected chi connectivity index (χ4v) is 2.84. The lowest BCUT2D eigenvalue weighted by Crippen LogP contribution is -2.49. The molecule has 3 heterocycles. The van der Waals surface area contributed by atoms with Crippen LogP contribution in [0.1, 0.15) is 38.6 Å². The molecule has 0 saturated carbocycles. The molecule has 0 radical (unpaired) electrons. The molecule has 112 valence electrons. The van der Waals surface area contributed by atoms with Crippen molar-refractivity contribution >= 4 is 11.6 Å². The van der Waals surface area contributed by atoms with Crippen molar-refractivity contribution in [1.29, 1.82) is 0 Å². The number of nitrogens with zero attached hydrogens (tertiary/aromatic N) is 3. The monoisotopic (exact) mass is 287 g/mol. The van der Waals surface area contributed by atoms with Crippen molar-refractivity contribution < 1.29 is 4.79 Å². The summed E-state index contributed by atoms with van der Waals surface area (Å²) in [4.78, 5) is 12.6. The average Bonchev–Trinajstić information content (AvgIpc) is 2.92. The molecule has 0 spiro atoms. The molecule has 1 aliphatic rings. The number of pyridine rings is 1. The highest BCUT2D eigenvalue weighted by atomic mass is 16.2. The van der Waals surface area contributed by atoms with E-state index in [9.17, 15) is 4.79 Å². The van der Waals surface area contributed by atoms with Crippen molar-refractivity contribution in [3.05, 3.63) is 30.2 Å². The number of nitrogens with one attached hydrogen (secondary N) is 2. The number of fused-ring (bicyclic) bond motifs is 1. The minimum atomic E-state index is -0.340. The third-order valence-corrected chi connectivity index (χ3v) is 4.22. The molecule has 1 amide bonds. The highest BCUT2D eigenvalue weighted by molar-refractivity contribution is 5.83. The van der Waals surface area contributed by atoms with Gasteiger partial charge >= 0.3 is 0 Å².